The van der Waals surface area contributed by atoms with Gasteiger partial charge in [-0.05, 0) is 36.6 Å². The fraction of sp³-hybridized carbons (Fsp3) is 0.238. The van der Waals surface area contributed by atoms with Crippen LogP contribution in [0.25, 0.3) is 0 Å². The Labute approximate surface area is 178 Å². The molecule has 0 atom stereocenters. The van der Waals surface area contributed by atoms with Crippen molar-refractivity contribution >= 4 is 40.4 Å². The van der Waals surface area contributed by atoms with Gasteiger partial charge in [-0.2, -0.15) is 0 Å². The molecule has 1 heterocycles. The molecule has 0 aliphatic rings. The Morgan fingerprint density at radius 2 is 1.83 bits per heavy atom. The van der Waals surface area contributed by atoms with Gasteiger partial charge < -0.3 is 10.6 Å². The number of carbonyl (C=O) groups is 2. The molecule has 8 heteroatoms. The van der Waals surface area contributed by atoms with Crippen LogP contribution in [0.3, 0.4) is 0 Å². The Bertz CT molecular complexity index is 962. The van der Waals surface area contributed by atoms with Crippen molar-refractivity contribution in [2.24, 2.45) is 0 Å². The summed E-state index contributed by atoms with van der Waals surface area (Å²) in [6.07, 6.45) is 2.49. The summed E-state index contributed by atoms with van der Waals surface area (Å²) in [6.45, 7) is 0.621. The fourth-order valence-corrected chi connectivity index (χ4v) is 3.64. The van der Waals surface area contributed by atoms with Crippen molar-refractivity contribution < 1.29 is 9.59 Å². The molecule has 29 heavy (non-hydrogen) atoms. The van der Waals surface area contributed by atoms with E-state index in [1.54, 1.807) is 24.3 Å². The number of hydrogen-bond acceptors (Lipinski definition) is 5. The number of nitrogens with zero attached hydrogens (tertiary/aromatic N) is 2. The van der Waals surface area contributed by atoms with E-state index in [1.165, 1.54) is 16.9 Å². The van der Waals surface area contributed by atoms with Gasteiger partial charge in [0, 0.05) is 30.1 Å². The van der Waals surface area contributed by atoms with Gasteiger partial charge in [-0.25, -0.2) is 0 Å². The maximum atomic E-state index is 12.2. The highest BCUT2D eigenvalue weighted by Gasteiger charge is 2.13. The van der Waals surface area contributed by atoms with E-state index in [0.29, 0.717) is 36.5 Å². The van der Waals surface area contributed by atoms with Gasteiger partial charge in [-0.15, -0.1) is 10.2 Å². The summed E-state index contributed by atoms with van der Waals surface area (Å²) in [7, 11) is 0. The lowest BCUT2D eigenvalue weighted by molar-refractivity contribution is -0.121. The minimum atomic E-state index is -0.324. The van der Waals surface area contributed by atoms with Crippen LogP contribution >= 0.6 is 22.9 Å². The van der Waals surface area contributed by atoms with E-state index in [-0.39, 0.29) is 16.8 Å². The minimum Gasteiger partial charge on any atom is -0.356 e. The second kappa shape index (κ2) is 10.7. The number of halogens is 1. The Kier molecular flexibility index (Phi) is 7.72. The quantitative estimate of drug-likeness (QED) is 0.536. The second-order valence-corrected chi connectivity index (χ2v) is 7.90. The Balaban J connectivity index is 1.37. The highest BCUT2D eigenvalue weighted by molar-refractivity contribution is 7.13. The van der Waals surface area contributed by atoms with Crippen LogP contribution in [0.1, 0.15) is 33.2 Å². The number of aryl methyl sites for hydroxylation is 1. The largest absolute Gasteiger partial charge is 0.356 e. The van der Waals surface area contributed by atoms with Crippen LogP contribution in [0, 0.1) is 0 Å². The van der Waals surface area contributed by atoms with Gasteiger partial charge >= 0.3 is 0 Å². The molecule has 2 N–H and O–H groups in total. The molecule has 3 aromatic rings. The van der Waals surface area contributed by atoms with Crippen molar-refractivity contribution in [2.75, 3.05) is 11.9 Å². The predicted molar refractivity (Wildman–Crippen MR) is 115 cm³/mol. The van der Waals surface area contributed by atoms with Gasteiger partial charge in [0.05, 0.1) is 0 Å². The van der Waals surface area contributed by atoms with E-state index >= 15 is 0 Å². The summed E-state index contributed by atoms with van der Waals surface area (Å²) in [5, 5.41) is 15.2. The molecule has 3 rings (SSSR count). The van der Waals surface area contributed by atoms with E-state index in [0.717, 1.165) is 11.4 Å². The molecule has 0 bridgehead atoms. The maximum absolute atomic E-state index is 12.2. The van der Waals surface area contributed by atoms with Crippen LogP contribution < -0.4 is 10.6 Å². The summed E-state index contributed by atoms with van der Waals surface area (Å²) < 4.78 is 0. The first-order valence-electron chi connectivity index (χ1n) is 9.30. The van der Waals surface area contributed by atoms with Gasteiger partial charge in [-0.1, -0.05) is 59.3 Å². The SMILES string of the molecule is O=C(CCCc1nnc(C(=O)Nc2cccc(Cl)c2)s1)NCCc1ccccc1. The van der Waals surface area contributed by atoms with Gasteiger partial charge in [0.15, 0.2) is 0 Å². The third-order valence-electron chi connectivity index (χ3n) is 4.12. The molecule has 6 nitrogen and oxygen atoms in total. The first-order chi connectivity index (χ1) is 14.1. The monoisotopic (exact) mass is 428 g/mol. The number of hydrogen-bond donors (Lipinski definition) is 2. The average molecular weight is 429 g/mol. The topological polar surface area (TPSA) is 84.0 Å². The third-order valence-corrected chi connectivity index (χ3v) is 5.33. The molecule has 0 radical (unpaired) electrons. The van der Waals surface area contributed by atoms with Gasteiger partial charge in [0.2, 0.25) is 10.9 Å². The van der Waals surface area contributed by atoms with Crippen molar-refractivity contribution in [2.45, 2.75) is 25.7 Å². The van der Waals surface area contributed by atoms with E-state index in [2.05, 4.69) is 20.8 Å². The lowest BCUT2D eigenvalue weighted by Crippen LogP contribution is -2.25. The average Bonchev–Trinajstić information content (AvgIpc) is 3.18. The van der Waals surface area contributed by atoms with Crippen LogP contribution in [0.5, 0.6) is 0 Å². The number of rotatable bonds is 9. The number of aromatic nitrogens is 2. The van der Waals surface area contributed by atoms with Gasteiger partial charge in [0.1, 0.15) is 5.01 Å². The zero-order valence-electron chi connectivity index (χ0n) is 15.7. The van der Waals surface area contributed by atoms with Crippen molar-refractivity contribution in [1.82, 2.24) is 15.5 Å². The molecule has 0 aliphatic heterocycles. The highest BCUT2D eigenvalue weighted by Crippen LogP contribution is 2.18. The molecule has 0 fully saturated rings. The van der Waals surface area contributed by atoms with Crippen molar-refractivity contribution in [3.8, 4) is 0 Å². The summed E-state index contributed by atoms with van der Waals surface area (Å²) in [4.78, 5) is 24.2. The summed E-state index contributed by atoms with van der Waals surface area (Å²) >= 11 is 7.15. The minimum absolute atomic E-state index is 0.0179. The number of benzene rings is 2. The lowest BCUT2D eigenvalue weighted by Gasteiger charge is -2.04. The van der Waals surface area contributed by atoms with Crippen LogP contribution in [0.2, 0.25) is 5.02 Å². The molecule has 0 unspecified atom stereocenters. The van der Waals surface area contributed by atoms with E-state index < -0.39 is 0 Å². The van der Waals surface area contributed by atoms with Crippen LogP contribution in [0.4, 0.5) is 5.69 Å². The second-order valence-electron chi connectivity index (χ2n) is 6.40. The standard InChI is InChI=1S/C21H21ClN4O2S/c22-16-8-4-9-17(14-16)24-20(28)21-26-25-19(29-21)11-5-10-18(27)23-13-12-15-6-2-1-3-7-15/h1-4,6-9,14H,5,10-13H2,(H,23,27)(H,24,28). The normalized spacial score (nSPS) is 10.5. The molecule has 2 amide bonds. The van der Waals surface area contributed by atoms with Crippen molar-refractivity contribution in [3.63, 3.8) is 0 Å². The number of anilines is 1. The smallest absolute Gasteiger partial charge is 0.286 e. The molecular weight excluding hydrogens is 408 g/mol. The zero-order valence-corrected chi connectivity index (χ0v) is 17.3. The molecule has 0 saturated carbocycles. The molecule has 0 aliphatic carbocycles. The van der Waals surface area contributed by atoms with Crippen LogP contribution in [-0.4, -0.2) is 28.6 Å². The van der Waals surface area contributed by atoms with Crippen molar-refractivity contribution in [3.05, 3.63) is 75.2 Å². The first kappa shape index (κ1) is 21.0. The predicted octanol–water partition coefficient (Wildman–Crippen LogP) is 4.13. The Hall–Kier alpha value is -2.77. The van der Waals surface area contributed by atoms with Crippen LogP contribution in [0.15, 0.2) is 54.6 Å². The van der Waals surface area contributed by atoms with E-state index in [9.17, 15) is 9.59 Å². The fourth-order valence-electron chi connectivity index (χ4n) is 2.68. The molecule has 2 aromatic carbocycles. The molecule has 1 aromatic heterocycles. The zero-order chi connectivity index (χ0) is 20.5. The van der Waals surface area contributed by atoms with E-state index in [1.807, 2.05) is 30.3 Å². The highest BCUT2D eigenvalue weighted by atomic mass is 35.5. The first-order valence-corrected chi connectivity index (χ1v) is 10.5. The number of nitrogens with one attached hydrogen (secondary N) is 2. The van der Waals surface area contributed by atoms with Crippen molar-refractivity contribution in [1.29, 1.82) is 0 Å². The summed E-state index contributed by atoms with van der Waals surface area (Å²) in [5.74, 6) is -0.306. The Morgan fingerprint density at radius 3 is 2.62 bits per heavy atom. The maximum Gasteiger partial charge on any atom is 0.286 e. The molecule has 0 spiro atoms. The van der Waals surface area contributed by atoms with Gasteiger partial charge in [-0.3, -0.25) is 9.59 Å². The summed E-state index contributed by atoms with van der Waals surface area (Å²) in [6, 6.07) is 16.9. The molecule has 0 saturated heterocycles. The van der Waals surface area contributed by atoms with Gasteiger partial charge in [0.25, 0.3) is 5.91 Å². The number of carbonyl (C=O) groups excluding carboxylic acids is 2. The van der Waals surface area contributed by atoms with Crippen LogP contribution in [-0.2, 0) is 17.6 Å². The Morgan fingerprint density at radius 1 is 1.00 bits per heavy atom. The number of amides is 2. The molecule has 150 valence electrons. The summed E-state index contributed by atoms with van der Waals surface area (Å²) in [5.41, 5.74) is 1.80. The van der Waals surface area contributed by atoms with E-state index in [4.69, 9.17) is 11.6 Å². The lowest BCUT2D eigenvalue weighted by atomic mass is 10.1. The third kappa shape index (κ3) is 6.96. The molecular formula is C21H21ClN4O2S.